The highest BCUT2D eigenvalue weighted by atomic mass is 19.1. The van der Waals surface area contributed by atoms with Gasteiger partial charge in [0.1, 0.15) is 25.0 Å². The van der Waals surface area contributed by atoms with Crippen molar-refractivity contribution >= 4 is 11.9 Å². The van der Waals surface area contributed by atoms with Gasteiger partial charge < -0.3 is 35.6 Å². The van der Waals surface area contributed by atoms with Crippen molar-refractivity contribution in [2.45, 2.75) is 49.6 Å². The lowest BCUT2D eigenvalue weighted by atomic mass is 9.89. The molecule has 1 aliphatic rings. The second-order valence-corrected chi connectivity index (χ2v) is 4.88. The van der Waals surface area contributed by atoms with Crippen LogP contribution >= 0.6 is 0 Å². The van der Waals surface area contributed by atoms with Crippen LogP contribution in [0.4, 0.5) is 4.39 Å². The summed E-state index contributed by atoms with van der Waals surface area (Å²) in [5, 5.41) is 49.8. The second kappa shape index (κ2) is 6.62. The molecule has 1 saturated heterocycles. The molecule has 0 saturated carbocycles. The molecular weight excluding hydrogens is 293 g/mol. The summed E-state index contributed by atoms with van der Waals surface area (Å²) in [5.74, 6) is -5.28. The number of halogens is 1. The molecule has 1 fully saturated rings. The number of carboxylic acids is 1. The molecule has 1 aliphatic heterocycles. The molecule has 0 bridgehead atoms. The van der Waals surface area contributed by atoms with Crippen LogP contribution in [0, 0.1) is 0 Å². The molecule has 21 heavy (non-hydrogen) atoms. The monoisotopic (exact) mass is 311 g/mol. The number of ether oxygens (including phenoxy) is 1. The van der Waals surface area contributed by atoms with Crippen LogP contribution in [-0.4, -0.2) is 80.3 Å². The van der Waals surface area contributed by atoms with Gasteiger partial charge >= 0.3 is 5.97 Å². The minimum absolute atomic E-state index is 0.629. The lowest BCUT2D eigenvalue weighted by Crippen LogP contribution is -2.67. The van der Waals surface area contributed by atoms with Crippen LogP contribution < -0.4 is 5.32 Å². The third kappa shape index (κ3) is 3.86. The first-order valence-corrected chi connectivity index (χ1v) is 6.13. The van der Waals surface area contributed by atoms with Gasteiger partial charge in [-0.2, -0.15) is 0 Å². The van der Waals surface area contributed by atoms with E-state index in [1.165, 1.54) is 0 Å². The van der Waals surface area contributed by atoms with Crippen LogP contribution in [0.15, 0.2) is 0 Å². The number of carboxylic acid groups (broad SMARTS) is 1. The van der Waals surface area contributed by atoms with Crippen LogP contribution in [0.5, 0.6) is 0 Å². The molecule has 0 radical (unpaired) electrons. The maximum atomic E-state index is 12.4. The van der Waals surface area contributed by atoms with Gasteiger partial charge in [-0.15, -0.1) is 0 Å². The first-order valence-electron chi connectivity index (χ1n) is 6.13. The Kier molecular flexibility index (Phi) is 5.59. The third-order valence-corrected chi connectivity index (χ3v) is 3.18. The molecule has 0 aromatic rings. The highest BCUT2D eigenvalue weighted by Crippen LogP contribution is 2.30. The van der Waals surface area contributed by atoms with Gasteiger partial charge in [0.15, 0.2) is 0 Å². The van der Waals surface area contributed by atoms with E-state index in [0.717, 1.165) is 6.92 Å². The fourth-order valence-electron chi connectivity index (χ4n) is 2.12. The van der Waals surface area contributed by atoms with E-state index in [1.54, 1.807) is 0 Å². The maximum Gasteiger partial charge on any atom is 0.364 e. The van der Waals surface area contributed by atoms with Crippen molar-refractivity contribution in [3.05, 3.63) is 0 Å². The normalized spacial score (nSPS) is 35.8. The van der Waals surface area contributed by atoms with Gasteiger partial charge in [0.05, 0.1) is 12.1 Å². The Bertz CT molecular complexity index is 408. The number of aliphatic carboxylic acids is 1. The number of alkyl halides is 1. The summed E-state index contributed by atoms with van der Waals surface area (Å²) in [6.45, 7) is -0.269. The lowest BCUT2D eigenvalue weighted by Gasteiger charge is -2.44. The standard InChI is InChI=1S/C11H18FNO8/c1-4(14)13-7-5(15)2-11(20,10(18)19)21-9(7)8(17)6(16)3-12/h5-9,15-17,20H,2-3H2,1H3,(H,13,14)(H,18,19)/t5-,6+,7+,8+,9+,11-/m0/s1. The Hall–Kier alpha value is -1.33. The number of hydrogen-bond donors (Lipinski definition) is 6. The maximum absolute atomic E-state index is 12.4. The number of carbonyl (C=O) groups is 2. The summed E-state index contributed by atoms with van der Waals surface area (Å²) in [7, 11) is 0. The second-order valence-electron chi connectivity index (χ2n) is 4.88. The molecule has 0 aromatic carbocycles. The van der Waals surface area contributed by atoms with E-state index in [4.69, 9.17) is 9.84 Å². The Balaban J connectivity index is 3.07. The van der Waals surface area contributed by atoms with Crippen LogP contribution in [0.25, 0.3) is 0 Å². The lowest BCUT2D eigenvalue weighted by molar-refractivity contribution is -0.294. The summed E-state index contributed by atoms with van der Waals surface area (Å²) in [5.41, 5.74) is 0. The van der Waals surface area contributed by atoms with Crippen LogP contribution in [0.2, 0.25) is 0 Å². The van der Waals surface area contributed by atoms with Gasteiger partial charge in [-0.3, -0.25) is 4.79 Å². The summed E-state index contributed by atoms with van der Waals surface area (Å²) < 4.78 is 17.2. The zero-order chi connectivity index (χ0) is 16.4. The van der Waals surface area contributed by atoms with Gasteiger partial charge in [0.25, 0.3) is 5.79 Å². The first-order chi connectivity index (χ1) is 9.62. The van der Waals surface area contributed by atoms with E-state index in [0.29, 0.717) is 0 Å². The SMILES string of the molecule is CC(=O)N[C@H]1[C@H]([C@H](O)[C@H](O)CF)O[C@](O)(C(=O)O)C[C@@H]1O. The zero-order valence-electron chi connectivity index (χ0n) is 11.1. The topological polar surface area (TPSA) is 157 Å². The predicted octanol–water partition coefficient (Wildman–Crippen LogP) is -2.89. The van der Waals surface area contributed by atoms with Gasteiger partial charge in [0, 0.05) is 13.3 Å². The number of carbonyl (C=O) groups excluding carboxylic acids is 1. The molecule has 122 valence electrons. The third-order valence-electron chi connectivity index (χ3n) is 3.18. The Morgan fingerprint density at radius 2 is 2.05 bits per heavy atom. The van der Waals surface area contributed by atoms with Gasteiger partial charge in [-0.25, -0.2) is 9.18 Å². The molecule has 1 heterocycles. The van der Waals surface area contributed by atoms with E-state index in [1.807, 2.05) is 0 Å². The predicted molar refractivity (Wildman–Crippen MR) is 63.7 cm³/mol. The fourth-order valence-corrected chi connectivity index (χ4v) is 2.12. The van der Waals surface area contributed by atoms with E-state index < -0.39 is 61.2 Å². The van der Waals surface area contributed by atoms with E-state index >= 15 is 0 Å². The molecule has 0 aromatic heterocycles. The van der Waals surface area contributed by atoms with Crippen molar-refractivity contribution in [3.8, 4) is 0 Å². The van der Waals surface area contributed by atoms with Crippen LogP contribution in [0.1, 0.15) is 13.3 Å². The highest BCUT2D eigenvalue weighted by molar-refractivity contribution is 5.76. The Morgan fingerprint density at radius 3 is 2.48 bits per heavy atom. The summed E-state index contributed by atoms with van der Waals surface area (Å²) in [4.78, 5) is 22.1. The number of aliphatic hydroxyl groups excluding tert-OH is 3. The number of nitrogens with one attached hydrogen (secondary N) is 1. The van der Waals surface area contributed by atoms with Crippen LogP contribution in [-0.2, 0) is 14.3 Å². The van der Waals surface area contributed by atoms with Gasteiger partial charge in [0.2, 0.25) is 5.91 Å². The number of rotatable bonds is 5. The van der Waals surface area contributed by atoms with E-state index in [9.17, 15) is 34.4 Å². The van der Waals surface area contributed by atoms with Gasteiger partial charge in [-0.1, -0.05) is 0 Å². The Morgan fingerprint density at radius 1 is 1.48 bits per heavy atom. The molecule has 10 heteroatoms. The molecule has 1 amide bonds. The molecule has 6 N–H and O–H groups in total. The minimum Gasteiger partial charge on any atom is -0.477 e. The van der Waals surface area contributed by atoms with Crippen molar-refractivity contribution in [1.29, 1.82) is 0 Å². The largest absolute Gasteiger partial charge is 0.477 e. The van der Waals surface area contributed by atoms with Crippen LogP contribution in [0.3, 0.4) is 0 Å². The quantitative estimate of drug-likeness (QED) is 0.316. The summed E-state index contributed by atoms with van der Waals surface area (Å²) in [6, 6.07) is -1.32. The van der Waals surface area contributed by atoms with Gasteiger partial charge in [-0.05, 0) is 0 Å². The van der Waals surface area contributed by atoms with Crippen molar-refractivity contribution < 1.29 is 44.2 Å². The van der Waals surface area contributed by atoms with Crippen molar-refractivity contribution in [1.82, 2.24) is 5.32 Å². The highest BCUT2D eigenvalue weighted by Gasteiger charge is 2.53. The summed E-state index contributed by atoms with van der Waals surface area (Å²) in [6.07, 6.45) is -7.98. The molecule has 0 aliphatic carbocycles. The molecule has 6 atom stereocenters. The number of hydrogen-bond acceptors (Lipinski definition) is 7. The number of amides is 1. The molecule has 0 spiro atoms. The molecule has 0 unspecified atom stereocenters. The average Bonchev–Trinajstić information content (AvgIpc) is 2.39. The van der Waals surface area contributed by atoms with E-state index in [2.05, 4.69) is 5.32 Å². The van der Waals surface area contributed by atoms with Crippen molar-refractivity contribution in [2.24, 2.45) is 0 Å². The fraction of sp³-hybridized carbons (Fsp3) is 0.818. The summed E-state index contributed by atoms with van der Waals surface area (Å²) >= 11 is 0. The van der Waals surface area contributed by atoms with E-state index in [-0.39, 0.29) is 0 Å². The first kappa shape index (κ1) is 17.7. The van der Waals surface area contributed by atoms with Crippen molar-refractivity contribution in [2.75, 3.05) is 6.67 Å². The molecular formula is C11H18FNO8. The molecule has 1 rings (SSSR count). The molecule has 9 nitrogen and oxygen atoms in total. The smallest absolute Gasteiger partial charge is 0.364 e. The van der Waals surface area contributed by atoms with Crippen molar-refractivity contribution in [3.63, 3.8) is 0 Å². The number of aliphatic hydroxyl groups is 4. The average molecular weight is 311 g/mol. The zero-order valence-corrected chi connectivity index (χ0v) is 11.1. The Labute approximate surface area is 119 Å². The minimum atomic E-state index is -2.82.